The van der Waals surface area contributed by atoms with Gasteiger partial charge in [0.05, 0.1) is 6.10 Å². The fourth-order valence-corrected chi connectivity index (χ4v) is 7.73. The number of aliphatic hydroxyl groups excluding tert-OH is 1. The lowest BCUT2D eigenvalue weighted by atomic mass is 9.57. The van der Waals surface area contributed by atoms with Crippen LogP contribution in [0.15, 0.2) is 42.1 Å². The smallest absolute Gasteiger partial charge is 0.397 e. The third kappa shape index (κ3) is 5.83. The van der Waals surface area contributed by atoms with Crippen LogP contribution in [0.1, 0.15) is 57.9 Å². The van der Waals surface area contributed by atoms with E-state index < -0.39 is 77.9 Å². The first-order valence-corrected chi connectivity index (χ1v) is 15.7. The highest BCUT2D eigenvalue weighted by molar-refractivity contribution is 6.32. The fraction of sp³-hybridized carbons (Fsp3) is 0.636. The predicted molar refractivity (Wildman–Crippen MR) is 159 cm³/mol. The number of hydrogen-bond acceptors (Lipinski definition) is 10. The summed E-state index contributed by atoms with van der Waals surface area (Å²) in [6.07, 6.45) is 3.34. The standard InChI is InChI=1S/C33H44N2O10/c1-7-12-35-29(37)32(40)42-19(5)26-16(2)14-17(3)33-20(15-23(41-6)31(39)43-26)10-11-21-24(33)25(36)18(4)27(28(21)45-33)44-30(38)22-9-8-13-34-22/h8-11,13-14,16,18-21,23-28,34,36H,7,12,15H2,1-6H3,(H,35,37)/b17-14+/t16-,18-,19-,20-,21?,23+,24?,25-,26+,27-,28-,33+/m1/s1. The van der Waals surface area contributed by atoms with E-state index in [1.807, 2.05) is 45.9 Å². The van der Waals surface area contributed by atoms with Crippen molar-refractivity contribution < 1.29 is 48.0 Å². The van der Waals surface area contributed by atoms with Crippen molar-refractivity contribution in [2.75, 3.05) is 13.7 Å². The molecule has 2 aliphatic carbocycles. The Bertz CT molecular complexity index is 1340. The van der Waals surface area contributed by atoms with Crippen molar-refractivity contribution in [3.63, 3.8) is 0 Å². The van der Waals surface area contributed by atoms with Crippen LogP contribution >= 0.6 is 0 Å². The number of nitrogens with one attached hydrogen (secondary N) is 2. The number of carbonyl (C=O) groups excluding carboxylic acids is 4. The molecule has 1 spiro atoms. The zero-order chi connectivity index (χ0) is 32.6. The van der Waals surface area contributed by atoms with E-state index >= 15 is 0 Å². The van der Waals surface area contributed by atoms with E-state index in [1.54, 1.807) is 25.3 Å². The van der Waals surface area contributed by atoms with Gasteiger partial charge in [-0.25, -0.2) is 14.4 Å². The van der Waals surface area contributed by atoms with Gasteiger partial charge >= 0.3 is 23.8 Å². The second-order valence-corrected chi connectivity index (χ2v) is 12.7. The third-order valence-corrected chi connectivity index (χ3v) is 9.94. The van der Waals surface area contributed by atoms with Crippen LogP contribution in [0.2, 0.25) is 0 Å². The molecule has 1 aromatic heterocycles. The van der Waals surface area contributed by atoms with Gasteiger partial charge in [-0.2, -0.15) is 0 Å². The Labute approximate surface area is 262 Å². The van der Waals surface area contributed by atoms with Crippen LogP contribution in [0, 0.1) is 29.6 Å². The molecule has 12 atom stereocenters. The Kier molecular flexibility index (Phi) is 9.57. The molecule has 5 rings (SSSR count). The lowest BCUT2D eigenvalue weighted by molar-refractivity contribution is -0.180. The number of aromatic amines is 1. The number of esters is 3. The van der Waals surface area contributed by atoms with Gasteiger partial charge < -0.3 is 39.1 Å². The van der Waals surface area contributed by atoms with Crippen molar-refractivity contribution in [2.45, 2.75) is 89.7 Å². The number of hydrogen-bond donors (Lipinski definition) is 3. The molecule has 246 valence electrons. The lowest BCUT2D eigenvalue weighted by Gasteiger charge is -2.48. The zero-order valence-corrected chi connectivity index (χ0v) is 26.6. The first kappa shape index (κ1) is 32.9. The first-order valence-electron chi connectivity index (χ1n) is 15.7. The molecule has 1 saturated carbocycles. The van der Waals surface area contributed by atoms with Crippen LogP contribution in [0.3, 0.4) is 0 Å². The summed E-state index contributed by atoms with van der Waals surface area (Å²) >= 11 is 0. The Hall–Kier alpha value is -3.48. The monoisotopic (exact) mass is 628 g/mol. The van der Waals surface area contributed by atoms with Gasteiger partial charge in [-0.05, 0) is 44.4 Å². The number of amides is 1. The zero-order valence-electron chi connectivity index (χ0n) is 26.6. The molecule has 3 N–H and O–H groups in total. The van der Waals surface area contributed by atoms with Crippen LogP contribution in [-0.4, -0.2) is 89.8 Å². The molecule has 0 radical (unpaired) electrons. The number of cyclic esters (lactones) is 1. The van der Waals surface area contributed by atoms with E-state index in [4.69, 9.17) is 23.7 Å². The Morgan fingerprint density at radius 3 is 2.67 bits per heavy atom. The largest absolute Gasteiger partial charge is 0.456 e. The summed E-state index contributed by atoms with van der Waals surface area (Å²) < 4.78 is 30.0. The molecule has 0 aromatic carbocycles. The number of aromatic nitrogens is 1. The molecular weight excluding hydrogens is 584 g/mol. The predicted octanol–water partition coefficient (Wildman–Crippen LogP) is 2.48. The highest BCUT2D eigenvalue weighted by atomic mass is 16.6. The second-order valence-electron chi connectivity index (χ2n) is 12.7. The summed E-state index contributed by atoms with van der Waals surface area (Å²) in [4.78, 5) is 54.1. The van der Waals surface area contributed by atoms with Gasteiger partial charge in [0.2, 0.25) is 0 Å². The normalized spacial score (nSPS) is 39.0. The van der Waals surface area contributed by atoms with E-state index in [1.165, 1.54) is 7.11 Å². The number of ether oxygens (including phenoxy) is 5. The van der Waals surface area contributed by atoms with Crippen molar-refractivity contribution >= 4 is 23.8 Å². The minimum Gasteiger partial charge on any atom is -0.456 e. The molecule has 2 unspecified atom stereocenters. The molecule has 2 aliphatic heterocycles. The van der Waals surface area contributed by atoms with Gasteiger partial charge in [0.25, 0.3) is 0 Å². The van der Waals surface area contributed by atoms with Gasteiger partial charge in [-0.1, -0.05) is 39.0 Å². The molecule has 45 heavy (non-hydrogen) atoms. The molecule has 2 fully saturated rings. The van der Waals surface area contributed by atoms with Crippen LogP contribution < -0.4 is 5.32 Å². The average Bonchev–Trinajstić information content (AvgIpc) is 3.62. The Morgan fingerprint density at radius 2 is 2.00 bits per heavy atom. The minimum absolute atomic E-state index is 0.190. The topological polar surface area (TPSA) is 162 Å². The molecule has 1 amide bonds. The molecule has 4 bridgehead atoms. The second kappa shape index (κ2) is 13.1. The molecule has 12 nitrogen and oxygen atoms in total. The van der Waals surface area contributed by atoms with Crippen molar-refractivity contribution in [2.24, 2.45) is 29.6 Å². The number of aliphatic hydroxyl groups is 1. The molecule has 1 aromatic rings. The van der Waals surface area contributed by atoms with Gasteiger partial charge in [0, 0.05) is 49.4 Å². The minimum atomic E-state index is -1.07. The van der Waals surface area contributed by atoms with Crippen molar-refractivity contribution in [3.05, 3.63) is 47.8 Å². The van der Waals surface area contributed by atoms with Crippen molar-refractivity contribution in [3.8, 4) is 0 Å². The van der Waals surface area contributed by atoms with Gasteiger partial charge in [0.1, 0.15) is 35.7 Å². The maximum atomic E-state index is 13.5. The number of H-pyrrole nitrogens is 1. The van der Waals surface area contributed by atoms with Crippen LogP contribution in [0.5, 0.6) is 0 Å². The summed E-state index contributed by atoms with van der Waals surface area (Å²) in [6.45, 7) is 9.37. The Morgan fingerprint density at radius 1 is 1.24 bits per heavy atom. The molecule has 3 heterocycles. The molecule has 12 heteroatoms. The number of carbonyl (C=O) groups is 4. The van der Waals surface area contributed by atoms with Crippen LogP contribution in [0.4, 0.5) is 0 Å². The third-order valence-electron chi connectivity index (χ3n) is 9.94. The molecular formula is C33H44N2O10. The summed E-state index contributed by atoms with van der Waals surface area (Å²) in [5, 5.41) is 14.4. The average molecular weight is 629 g/mol. The van der Waals surface area contributed by atoms with Crippen LogP contribution in [0.25, 0.3) is 0 Å². The summed E-state index contributed by atoms with van der Waals surface area (Å²) in [6, 6.07) is 3.34. The fourth-order valence-electron chi connectivity index (χ4n) is 7.73. The van der Waals surface area contributed by atoms with E-state index in [-0.39, 0.29) is 24.2 Å². The van der Waals surface area contributed by atoms with E-state index in [2.05, 4.69) is 10.3 Å². The Balaban J connectivity index is 1.49. The lowest BCUT2D eigenvalue weighted by Crippen LogP contribution is -2.57. The summed E-state index contributed by atoms with van der Waals surface area (Å²) in [7, 11) is 1.42. The maximum absolute atomic E-state index is 13.5. The highest BCUT2D eigenvalue weighted by Gasteiger charge is 2.69. The van der Waals surface area contributed by atoms with Crippen LogP contribution in [-0.2, 0) is 38.1 Å². The summed E-state index contributed by atoms with van der Waals surface area (Å²) in [5.41, 5.74) is 0.0694. The maximum Gasteiger partial charge on any atom is 0.397 e. The first-order chi connectivity index (χ1) is 21.4. The van der Waals surface area contributed by atoms with Crippen molar-refractivity contribution in [1.29, 1.82) is 0 Å². The van der Waals surface area contributed by atoms with E-state index in [9.17, 15) is 24.3 Å². The SMILES string of the molecule is CCCNC(=O)C(=O)O[C@H](C)[C@H]1OC(=O)[C@@H](OC)C[C@H]2C=CC3C4[C@H](O)[C@@H](C)[C@@H](OC(=O)c5ccc[nH]5)[C@@H]3O[C@]42/C(C)=C/[C@H]1C. The van der Waals surface area contributed by atoms with Gasteiger partial charge in [-0.15, -0.1) is 0 Å². The number of methoxy groups -OCH3 is 1. The molecule has 4 aliphatic rings. The highest BCUT2D eigenvalue weighted by Crippen LogP contribution is 2.61. The van der Waals surface area contributed by atoms with Crippen molar-refractivity contribution in [1.82, 2.24) is 10.3 Å². The number of rotatable bonds is 7. The summed E-state index contributed by atoms with van der Waals surface area (Å²) in [5.74, 6) is -5.05. The van der Waals surface area contributed by atoms with Gasteiger partial charge in [0.15, 0.2) is 6.10 Å². The van der Waals surface area contributed by atoms with Gasteiger partial charge in [-0.3, -0.25) is 4.79 Å². The van der Waals surface area contributed by atoms with E-state index in [0.29, 0.717) is 18.7 Å². The molecule has 1 saturated heterocycles. The van der Waals surface area contributed by atoms with E-state index in [0.717, 1.165) is 5.57 Å². The quantitative estimate of drug-likeness (QED) is 0.177.